The summed E-state index contributed by atoms with van der Waals surface area (Å²) in [6, 6.07) is 31.0. The van der Waals surface area contributed by atoms with Crippen LogP contribution in [0, 0.1) is 10.1 Å². The molecule has 0 amide bonds. The zero-order valence-corrected chi connectivity index (χ0v) is 20.1. The quantitative estimate of drug-likeness (QED) is 0.198. The number of nitrogens with one attached hydrogen (secondary N) is 1. The second-order valence-corrected chi connectivity index (χ2v) is 9.08. The Hall–Kier alpha value is -4.81. The molecule has 0 spiro atoms. The normalized spacial score (nSPS) is 11.2. The van der Waals surface area contributed by atoms with Gasteiger partial charge in [-0.05, 0) is 47.0 Å². The van der Waals surface area contributed by atoms with E-state index < -0.39 is 4.92 Å². The number of hydrogen-bond acceptors (Lipinski definition) is 4. The number of H-pyrrole nitrogens is 1. The van der Waals surface area contributed by atoms with Crippen molar-refractivity contribution in [1.29, 1.82) is 0 Å². The van der Waals surface area contributed by atoms with Gasteiger partial charge in [-0.25, -0.2) is 4.98 Å². The first-order valence-electron chi connectivity index (χ1n) is 11.6. The molecule has 6 aromatic rings. The molecule has 0 saturated carbocycles. The Morgan fingerprint density at radius 2 is 1.46 bits per heavy atom. The van der Waals surface area contributed by atoms with E-state index in [0.717, 1.165) is 27.6 Å². The first-order valence-corrected chi connectivity index (χ1v) is 11.9. The first-order chi connectivity index (χ1) is 18.0. The molecule has 0 bridgehead atoms. The van der Waals surface area contributed by atoms with Crippen LogP contribution >= 0.6 is 11.6 Å². The number of benzene rings is 4. The molecule has 6 nitrogen and oxygen atoms in total. The number of halogens is 1. The number of pyridine rings is 2. The van der Waals surface area contributed by atoms with Gasteiger partial charge >= 0.3 is 0 Å². The van der Waals surface area contributed by atoms with Gasteiger partial charge in [0.05, 0.1) is 21.7 Å². The molecule has 0 saturated heterocycles. The largest absolute Gasteiger partial charge is 0.321 e. The minimum atomic E-state index is -0.423. The highest BCUT2D eigenvalue weighted by atomic mass is 35.5. The number of aromatic nitrogens is 2. The van der Waals surface area contributed by atoms with Crippen molar-refractivity contribution in [3.63, 3.8) is 0 Å². The summed E-state index contributed by atoms with van der Waals surface area (Å²) in [5.41, 5.74) is 4.93. The lowest BCUT2D eigenvalue weighted by Crippen LogP contribution is -2.12. The Morgan fingerprint density at radius 3 is 2.16 bits per heavy atom. The Labute approximate surface area is 216 Å². The van der Waals surface area contributed by atoms with Crippen LogP contribution in [-0.2, 0) is 0 Å². The van der Waals surface area contributed by atoms with Gasteiger partial charge in [0.25, 0.3) is 11.2 Å². The van der Waals surface area contributed by atoms with Crippen LogP contribution in [0.15, 0.2) is 108 Å². The summed E-state index contributed by atoms with van der Waals surface area (Å²) in [7, 11) is 0. The van der Waals surface area contributed by atoms with Crippen molar-refractivity contribution in [1.82, 2.24) is 9.97 Å². The standard InChI is InChI=1S/C30H18ClN3O3/c31-20-11-13-26-24(15-20)28(19-9-5-2-6-10-19)29(30(35)33-26)27-17-22(18-7-3-1-4-8-18)23-16-21(34(36)37)12-14-25(23)32-27/h1-17H,(H,33,35). The third-order valence-electron chi connectivity index (χ3n) is 6.38. The highest BCUT2D eigenvalue weighted by Crippen LogP contribution is 2.39. The zero-order chi connectivity index (χ0) is 25.5. The monoisotopic (exact) mass is 503 g/mol. The molecule has 6 rings (SSSR count). The fourth-order valence-electron chi connectivity index (χ4n) is 4.73. The number of nitro benzene ring substituents is 1. The summed E-state index contributed by atoms with van der Waals surface area (Å²) < 4.78 is 0. The number of aromatic amines is 1. The van der Waals surface area contributed by atoms with Crippen molar-refractivity contribution in [3.8, 4) is 33.5 Å². The molecule has 0 aliphatic rings. The predicted octanol–water partition coefficient (Wildman–Crippen LogP) is 7.64. The molecule has 178 valence electrons. The molecule has 0 atom stereocenters. The van der Waals surface area contributed by atoms with Crippen LogP contribution in [0.5, 0.6) is 0 Å². The van der Waals surface area contributed by atoms with Crippen molar-refractivity contribution < 1.29 is 4.92 Å². The van der Waals surface area contributed by atoms with Crippen LogP contribution < -0.4 is 5.56 Å². The van der Waals surface area contributed by atoms with Crippen molar-refractivity contribution in [3.05, 3.63) is 129 Å². The predicted molar refractivity (Wildman–Crippen MR) is 148 cm³/mol. The van der Waals surface area contributed by atoms with Crippen LogP contribution in [0.1, 0.15) is 0 Å². The summed E-state index contributed by atoms with van der Waals surface area (Å²) in [5, 5.41) is 13.5. The van der Waals surface area contributed by atoms with Gasteiger partial charge in [0, 0.05) is 39.0 Å². The maximum Gasteiger partial charge on any atom is 0.270 e. The Morgan fingerprint density at radius 1 is 0.757 bits per heavy atom. The number of fused-ring (bicyclic) bond motifs is 2. The molecule has 2 aromatic heterocycles. The fraction of sp³-hybridized carbons (Fsp3) is 0. The Balaban J connectivity index is 1.74. The SMILES string of the molecule is O=c1[nH]c2ccc(Cl)cc2c(-c2ccccc2)c1-c1cc(-c2ccccc2)c2cc([N+](=O)[O-])ccc2n1. The third kappa shape index (κ3) is 4.03. The van der Waals surface area contributed by atoms with Crippen LogP contribution in [0.3, 0.4) is 0 Å². The van der Waals surface area contributed by atoms with E-state index >= 15 is 0 Å². The topological polar surface area (TPSA) is 88.9 Å². The summed E-state index contributed by atoms with van der Waals surface area (Å²) >= 11 is 6.38. The first kappa shape index (κ1) is 22.6. The van der Waals surface area contributed by atoms with E-state index in [1.165, 1.54) is 12.1 Å². The highest BCUT2D eigenvalue weighted by molar-refractivity contribution is 6.31. The van der Waals surface area contributed by atoms with Crippen LogP contribution in [-0.4, -0.2) is 14.9 Å². The second-order valence-electron chi connectivity index (χ2n) is 8.64. The lowest BCUT2D eigenvalue weighted by molar-refractivity contribution is -0.384. The number of hydrogen-bond donors (Lipinski definition) is 1. The molecule has 0 fully saturated rings. The summed E-state index contributed by atoms with van der Waals surface area (Å²) in [6.07, 6.45) is 0. The second kappa shape index (κ2) is 9.00. The van der Waals surface area contributed by atoms with Crippen molar-refractivity contribution in [2.45, 2.75) is 0 Å². The molecule has 37 heavy (non-hydrogen) atoms. The van der Waals surface area contributed by atoms with Gasteiger partial charge < -0.3 is 4.98 Å². The smallest absolute Gasteiger partial charge is 0.270 e. The van der Waals surface area contributed by atoms with Gasteiger partial charge in [-0.3, -0.25) is 14.9 Å². The Bertz CT molecular complexity index is 1880. The lowest BCUT2D eigenvalue weighted by Gasteiger charge is -2.15. The molecule has 2 heterocycles. The fourth-order valence-corrected chi connectivity index (χ4v) is 4.90. The Kier molecular flexibility index (Phi) is 5.51. The van der Waals surface area contributed by atoms with Gasteiger partial charge in [0.2, 0.25) is 0 Å². The molecular weight excluding hydrogens is 486 g/mol. The van der Waals surface area contributed by atoms with E-state index in [1.54, 1.807) is 18.2 Å². The van der Waals surface area contributed by atoms with Gasteiger partial charge in [0.15, 0.2) is 0 Å². The van der Waals surface area contributed by atoms with Crippen LogP contribution in [0.2, 0.25) is 5.02 Å². The zero-order valence-electron chi connectivity index (χ0n) is 19.3. The maximum absolute atomic E-state index is 13.6. The van der Waals surface area contributed by atoms with E-state index in [2.05, 4.69) is 4.98 Å². The summed E-state index contributed by atoms with van der Waals surface area (Å²) in [6.45, 7) is 0. The molecule has 0 aliphatic carbocycles. The van der Waals surface area contributed by atoms with E-state index in [4.69, 9.17) is 16.6 Å². The average Bonchev–Trinajstić information content (AvgIpc) is 2.92. The van der Waals surface area contributed by atoms with E-state index in [1.807, 2.05) is 72.8 Å². The molecule has 0 radical (unpaired) electrons. The lowest BCUT2D eigenvalue weighted by atomic mass is 9.92. The van der Waals surface area contributed by atoms with Crippen LogP contribution in [0.4, 0.5) is 5.69 Å². The van der Waals surface area contributed by atoms with Crippen molar-refractivity contribution in [2.24, 2.45) is 0 Å². The molecule has 0 unspecified atom stereocenters. The summed E-state index contributed by atoms with van der Waals surface area (Å²) in [5.74, 6) is 0. The van der Waals surface area contributed by atoms with Gasteiger partial charge in [-0.2, -0.15) is 0 Å². The van der Waals surface area contributed by atoms with E-state index in [-0.39, 0.29) is 11.2 Å². The minimum Gasteiger partial charge on any atom is -0.321 e. The number of non-ortho nitro benzene ring substituents is 1. The molecule has 7 heteroatoms. The minimum absolute atomic E-state index is 0.0256. The van der Waals surface area contributed by atoms with Gasteiger partial charge in [0.1, 0.15) is 0 Å². The van der Waals surface area contributed by atoms with E-state index in [9.17, 15) is 14.9 Å². The number of nitro groups is 1. The maximum atomic E-state index is 13.6. The average molecular weight is 504 g/mol. The number of rotatable bonds is 4. The van der Waals surface area contributed by atoms with Crippen LogP contribution in [0.25, 0.3) is 55.3 Å². The summed E-state index contributed by atoms with van der Waals surface area (Å²) in [4.78, 5) is 32.5. The molecular formula is C30H18ClN3O3. The molecule has 4 aromatic carbocycles. The van der Waals surface area contributed by atoms with E-state index in [0.29, 0.717) is 32.7 Å². The van der Waals surface area contributed by atoms with Crippen molar-refractivity contribution in [2.75, 3.05) is 0 Å². The van der Waals surface area contributed by atoms with Gasteiger partial charge in [-0.1, -0.05) is 72.3 Å². The van der Waals surface area contributed by atoms with Gasteiger partial charge in [-0.15, -0.1) is 0 Å². The van der Waals surface area contributed by atoms with Crippen molar-refractivity contribution >= 4 is 39.1 Å². The molecule has 0 aliphatic heterocycles. The highest BCUT2D eigenvalue weighted by Gasteiger charge is 2.20. The molecule has 1 N–H and O–H groups in total. The third-order valence-corrected chi connectivity index (χ3v) is 6.62. The number of nitrogens with zero attached hydrogens (tertiary/aromatic N) is 2.